The maximum absolute atomic E-state index is 4.26. The van der Waals surface area contributed by atoms with E-state index in [1.807, 2.05) is 17.9 Å². The molecule has 1 heterocycles. The zero-order valence-corrected chi connectivity index (χ0v) is 12.6. The van der Waals surface area contributed by atoms with Gasteiger partial charge in [0.1, 0.15) is 0 Å². The van der Waals surface area contributed by atoms with Gasteiger partial charge in [-0.1, -0.05) is 26.2 Å². The SMILES string of the molecule is CCNC1CCCCCC1N(C)Cc1cnn(C)c1. The summed E-state index contributed by atoms with van der Waals surface area (Å²) in [5.41, 5.74) is 1.31. The zero-order chi connectivity index (χ0) is 13.7. The second kappa shape index (κ2) is 7.06. The minimum absolute atomic E-state index is 0.647. The van der Waals surface area contributed by atoms with Gasteiger partial charge in [0.05, 0.1) is 6.20 Å². The maximum atomic E-state index is 4.26. The third-order valence-corrected chi connectivity index (χ3v) is 4.20. The number of aryl methyl sites for hydroxylation is 1. The summed E-state index contributed by atoms with van der Waals surface area (Å²) in [5, 5.41) is 7.95. The van der Waals surface area contributed by atoms with Gasteiger partial charge in [0.25, 0.3) is 0 Å². The topological polar surface area (TPSA) is 33.1 Å². The molecule has 0 aliphatic heterocycles. The van der Waals surface area contributed by atoms with Gasteiger partial charge in [-0.25, -0.2) is 0 Å². The molecule has 0 bridgehead atoms. The maximum Gasteiger partial charge on any atom is 0.0534 e. The fraction of sp³-hybridized carbons (Fsp3) is 0.800. The molecule has 2 rings (SSSR count). The lowest BCUT2D eigenvalue weighted by Crippen LogP contribution is -2.47. The van der Waals surface area contributed by atoms with Crippen molar-refractivity contribution in [3.05, 3.63) is 18.0 Å². The molecule has 1 aromatic heterocycles. The summed E-state index contributed by atoms with van der Waals surface area (Å²) in [5.74, 6) is 0. The van der Waals surface area contributed by atoms with Gasteiger partial charge >= 0.3 is 0 Å². The van der Waals surface area contributed by atoms with Crippen LogP contribution in [-0.2, 0) is 13.6 Å². The van der Waals surface area contributed by atoms with E-state index < -0.39 is 0 Å². The fourth-order valence-corrected chi connectivity index (χ4v) is 3.27. The largest absolute Gasteiger partial charge is 0.313 e. The first-order valence-corrected chi connectivity index (χ1v) is 7.62. The van der Waals surface area contributed by atoms with E-state index in [0.29, 0.717) is 12.1 Å². The van der Waals surface area contributed by atoms with Gasteiger partial charge < -0.3 is 5.32 Å². The van der Waals surface area contributed by atoms with Crippen LogP contribution in [0.3, 0.4) is 0 Å². The first-order chi connectivity index (χ1) is 9.20. The number of likely N-dealkylation sites (N-methyl/N-ethyl adjacent to an activating group) is 2. The van der Waals surface area contributed by atoms with E-state index in [-0.39, 0.29) is 0 Å². The quantitative estimate of drug-likeness (QED) is 0.827. The van der Waals surface area contributed by atoms with Crippen LogP contribution in [0.2, 0.25) is 0 Å². The Hall–Kier alpha value is -0.870. The molecule has 2 unspecified atom stereocenters. The van der Waals surface area contributed by atoms with Gasteiger partial charge in [0.15, 0.2) is 0 Å². The number of aromatic nitrogens is 2. The Balaban J connectivity index is 1.99. The molecule has 1 fully saturated rings. The van der Waals surface area contributed by atoms with Crippen LogP contribution in [0, 0.1) is 0 Å². The van der Waals surface area contributed by atoms with E-state index in [9.17, 15) is 0 Å². The number of nitrogens with one attached hydrogen (secondary N) is 1. The van der Waals surface area contributed by atoms with E-state index in [0.717, 1.165) is 13.1 Å². The second-order valence-electron chi connectivity index (χ2n) is 5.81. The highest BCUT2D eigenvalue weighted by Gasteiger charge is 2.26. The molecule has 4 nitrogen and oxygen atoms in total. The summed E-state index contributed by atoms with van der Waals surface area (Å²) in [6, 6.07) is 1.30. The summed E-state index contributed by atoms with van der Waals surface area (Å²) >= 11 is 0. The summed E-state index contributed by atoms with van der Waals surface area (Å²) < 4.78 is 1.89. The van der Waals surface area contributed by atoms with E-state index in [1.165, 1.54) is 37.7 Å². The van der Waals surface area contributed by atoms with Crippen LogP contribution in [0.15, 0.2) is 12.4 Å². The molecular weight excluding hydrogens is 236 g/mol. The Labute approximate surface area is 117 Å². The van der Waals surface area contributed by atoms with Gasteiger partial charge in [-0.05, 0) is 26.4 Å². The molecule has 19 heavy (non-hydrogen) atoms. The molecule has 1 aromatic rings. The summed E-state index contributed by atoms with van der Waals surface area (Å²) in [6.45, 7) is 4.28. The standard InChI is InChI=1S/C15H28N4/c1-4-16-14-8-6-5-7-9-15(14)18(2)11-13-10-17-19(3)12-13/h10,12,14-16H,4-9,11H2,1-3H3. The Morgan fingerprint density at radius 2 is 2.16 bits per heavy atom. The van der Waals surface area contributed by atoms with Crippen molar-refractivity contribution in [2.45, 2.75) is 57.7 Å². The number of hydrogen-bond acceptors (Lipinski definition) is 3. The second-order valence-corrected chi connectivity index (χ2v) is 5.81. The molecule has 4 heteroatoms. The van der Waals surface area contributed by atoms with Crippen LogP contribution in [-0.4, -0.2) is 40.4 Å². The van der Waals surface area contributed by atoms with E-state index >= 15 is 0 Å². The zero-order valence-electron chi connectivity index (χ0n) is 12.6. The lowest BCUT2D eigenvalue weighted by atomic mass is 10.0. The van der Waals surface area contributed by atoms with Crippen LogP contribution in [0.25, 0.3) is 0 Å². The molecule has 1 saturated carbocycles. The molecule has 0 aromatic carbocycles. The Morgan fingerprint density at radius 1 is 1.37 bits per heavy atom. The van der Waals surface area contributed by atoms with Crippen LogP contribution in [0.1, 0.15) is 44.6 Å². The highest BCUT2D eigenvalue weighted by molar-refractivity contribution is 5.04. The van der Waals surface area contributed by atoms with Crippen LogP contribution in [0.5, 0.6) is 0 Å². The summed E-state index contributed by atoms with van der Waals surface area (Å²) in [4.78, 5) is 2.51. The van der Waals surface area contributed by atoms with Gasteiger partial charge in [0.2, 0.25) is 0 Å². The van der Waals surface area contributed by atoms with Crippen LogP contribution in [0.4, 0.5) is 0 Å². The highest BCUT2D eigenvalue weighted by atomic mass is 15.2. The van der Waals surface area contributed by atoms with Crippen molar-refractivity contribution >= 4 is 0 Å². The monoisotopic (exact) mass is 264 g/mol. The van der Waals surface area contributed by atoms with E-state index in [1.54, 1.807) is 0 Å². The Kier molecular flexibility index (Phi) is 5.40. The third-order valence-electron chi connectivity index (χ3n) is 4.20. The van der Waals surface area contributed by atoms with Gasteiger partial charge in [0, 0.05) is 37.4 Å². The van der Waals surface area contributed by atoms with Crippen molar-refractivity contribution in [2.75, 3.05) is 13.6 Å². The van der Waals surface area contributed by atoms with Crippen molar-refractivity contribution < 1.29 is 0 Å². The number of rotatable bonds is 5. The predicted octanol–water partition coefficient (Wildman–Crippen LogP) is 2.16. The lowest BCUT2D eigenvalue weighted by Gasteiger charge is -2.33. The number of nitrogens with zero attached hydrogens (tertiary/aromatic N) is 3. The Bertz CT molecular complexity index is 374. The molecule has 0 radical (unpaired) electrons. The van der Waals surface area contributed by atoms with Gasteiger partial charge in [-0.2, -0.15) is 5.10 Å². The minimum Gasteiger partial charge on any atom is -0.313 e. The predicted molar refractivity (Wildman–Crippen MR) is 79.0 cm³/mol. The van der Waals surface area contributed by atoms with Crippen LogP contribution >= 0.6 is 0 Å². The van der Waals surface area contributed by atoms with Crippen molar-refractivity contribution in [3.8, 4) is 0 Å². The average Bonchev–Trinajstić information content (AvgIpc) is 2.65. The van der Waals surface area contributed by atoms with Crippen molar-refractivity contribution in [1.29, 1.82) is 0 Å². The number of hydrogen-bond donors (Lipinski definition) is 1. The molecule has 1 aliphatic rings. The highest BCUT2D eigenvalue weighted by Crippen LogP contribution is 2.23. The lowest BCUT2D eigenvalue weighted by molar-refractivity contribution is 0.175. The minimum atomic E-state index is 0.647. The normalized spacial score (nSPS) is 24.6. The fourth-order valence-electron chi connectivity index (χ4n) is 3.27. The van der Waals surface area contributed by atoms with E-state index in [4.69, 9.17) is 0 Å². The van der Waals surface area contributed by atoms with E-state index in [2.05, 4.69) is 35.5 Å². The average molecular weight is 264 g/mol. The molecule has 2 atom stereocenters. The van der Waals surface area contributed by atoms with Crippen LogP contribution < -0.4 is 5.32 Å². The molecule has 0 amide bonds. The summed E-state index contributed by atoms with van der Waals surface area (Å²) in [6.07, 6.45) is 10.9. The molecule has 0 saturated heterocycles. The van der Waals surface area contributed by atoms with Crippen molar-refractivity contribution in [2.24, 2.45) is 7.05 Å². The molecule has 0 spiro atoms. The van der Waals surface area contributed by atoms with Gasteiger partial charge in [-0.3, -0.25) is 9.58 Å². The molecular formula is C15H28N4. The first-order valence-electron chi connectivity index (χ1n) is 7.62. The smallest absolute Gasteiger partial charge is 0.0534 e. The Morgan fingerprint density at radius 3 is 2.84 bits per heavy atom. The first kappa shape index (κ1) is 14.5. The molecule has 1 N–H and O–H groups in total. The van der Waals surface area contributed by atoms with Crippen molar-refractivity contribution in [3.63, 3.8) is 0 Å². The molecule has 108 valence electrons. The third kappa shape index (κ3) is 4.05. The summed E-state index contributed by atoms with van der Waals surface area (Å²) in [7, 11) is 4.24. The van der Waals surface area contributed by atoms with Crippen molar-refractivity contribution in [1.82, 2.24) is 20.0 Å². The van der Waals surface area contributed by atoms with Gasteiger partial charge in [-0.15, -0.1) is 0 Å². The molecule has 1 aliphatic carbocycles.